The number of para-hydroxylation sites is 1. The lowest BCUT2D eigenvalue weighted by molar-refractivity contribution is -0.153. The van der Waals surface area contributed by atoms with E-state index in [0.717, 1.165) is 0 Å². The van der Waals surface area contributed by atoms with E-state index in [0.29, 0.717) is 11.3 Å². The number of benzene rings is 1. The van der Waals surface area contributed by atoms with E-state index in [1.807, 2.05) is 0 Å². The topological polar surface area (TPSA) is 78.6 Å². The van der Waals surface area contributed by atoms with Crippen LogP contribution >= 0.6 is 0 Å². The third kappa shape index (κ3) is 3.79. The van der Waals surface area contributed by atoms with Crippen LogP contribution in [0.3, 0.4) is 0 Å². The van der Waals surface area contributed by atoms with Gasteiger partial charge in [0.15, 0.2) is 6.10 Å². The molecule has 0 radical (unpaired) electrons. The molecule has 0 spiro atoms. The Morgan fingerprint density at radius 1 is 1.35 bits per heavy atom. The molecule has 0 unspecified atom stereocenters. The van der Waals surface area contributed by atoms with Gasteiger partial charge in [-0.15, -0.1) is 0 Å². The van der Waals surface area contributed by atoms with Crippen LogP contribution < -0.4 is 10.5 Å². The number of amides is 1. The molecule has 92 valence electrons. The normalized spacial score (nSPS) is 11.6. The van der Waals surface area contributed by atoms with Crippen LogP contribution in [0.2, 0.25) is 0 Å². The van der Waals surface area contributed by atoms with Gasteiger partial charge >= 0.3 is 5.97 Å². The van der Waals surface area contributed by atoms with Gasteiger partial charge < -0.3 is 15.2 Å². The van der Waals surface area contributed by atoms with Crippen LogP contribution in [0.25, 0.3) is 0 Å². The van der Waals surface area contributed by atoms with Crippen LogP contribution in [0, 0.1) is 0 Å². The van der Waals surface area contributed by atoms with Gasteiger partial charge in [0.25, 0.3) is 5.91 Å². The van der Waals surface area contributed by atoms with Crippen LogP contribution in [0.15, 0.2) is 24.3 Å². The number of carbonyl (C=O) groups excluding carboxylic acids is 2. The maximum Gasteiger partial charge on any atom is 0.311 e. The minimum Gasteiger partial charge on any atom is -0.496 e. The van der Waals surface area contributed by atoms with E-state index in [9.17, 15) is 9.59 Å². The molecule has 0 bridgehead atoms. The number of hydrogen-bond donors (Lipinski definition) is 1. The second kappa shape index (κ2) is 5.89. The van der Waals surface area contributed by atoms with Crippen LogP contribution in [0.1, 0.15) is 12.5 Å². The van der Waals surface area contributed by atoms with Gasteiger partial charge in [-0.3, -0.25) is 9.59 Å². The highest BCUT2D eigenvalue weighted by Gasteiger charge is 2.16. The monoisotopic (exact) mass is 237 g/mol. The Kier molecular flexibility index (Phi) is 4.51. The van der Waals surface area contributed by atoms with Crippen molar-refractivity contribution in [2.75, 3.05) is 7.11 Å². The van der Waals surface area contributed by atoms with Gasteiger partial charge in [-0.05, 0) is 13.0 Å². The highest BCUT2D eigenvalue weighted by Crippen LogP contribution is 2.18. The summed E-state index contributed by atoms with van der Waals surface area (Å²) in [7, 11) is 1.52. The average molecular weight is 237 g/mol. The number of methoxy groups -OCH3 is 1. The SMILES string of the molecule is COc1ccccc1CC(=O)O[C@H](C)C(N)=O. The highest BCUT2D eigenvalue weighted by molar-refractivity contribution is 5.82. The standard InChI is InChI=1S/C12H15NO4/c1-8(12(13)15)17-11(14)7-9-5-3-4-6-10(9)16-2/h3-6,8H,7H2,1-2H3,(H2,13,15)/t8-/m1/s1. The van der Waals surface area contributed by atoms with Gasteiger partial charge in [-0.1, -0.05) is 18.2 Å². The van der Waals surface area contributed by atoms with Crippen molar-refractivity contribution in [1.82, 2.24) is 0 Å². The fourth-order valence-electron chi connectivity index (χ4n) is 1.30. The Labute approximate surface area is 99.5 Å². The van der Waals surface area contributed by atoms with Gasteiger partial charge in [-0.25, -0.2) is 0 Å². The van der Waals surface area contributed by atoms with E-state index in [4.69, 9.17) is 15.2 Å². The molecule has 2 N–H and O–H groups in total. The molecular weight excluding hydrogens is 222 g/mol. The second-order valence-electron chi connectivity index (χ2n) is 3.52. The molecule has 0 heterocycles. The smallest absolute Gasteiger partial charge is 0.311 e. The molecule has 1 rings (SSSR count). The van der Waals surface area contributed by atoms with Gasteiger partial charge in [0, 0.05) is 5.56 Å². The average Bonchev–Trinajstić information content (AvgIpc) is 2.29. The van der Waals surface area contributed by atoms with Gasteiger partial charge in [0.05, 0.1) is 13.5 Å². The molecule has 0 aliphatic rings. The van der Waals surface area contributed by atoms with E-state index in [1.54, 1.807) is 24.3 Å². The minimum absolute atomic E-state index is 0.0433. The summed E-state index contributed by atoms with van der Waals surface area (Å²) in [5, 5.41) is 0. The van der Waals surface area contributed by atoms with Crippen molar-refractivity contribution >= 4 is 11.9 Å². The van der Waals surface area contributed by atoms with Crippen molar-refractivity contribution < 1.29 is 19.1 Å². The summed E-state index contributed by atoms with van der Waals surface area (Å²) >= 11 is 0. The fraction of sp³-hybridized carbons (Fsp3) is 0.333. The van der Waals surface area contributed by atoms with Crippen molar-refractivity contribution in [3.05, 3.63) is 29.8 Å². The number of primary amides is 1. The van der Waals surface area contributed by atoms with Crippen molar-refractivity contribution in [2.45, 2.75) is 19.4 Å². The van der Waals surface area contributed by atoms with Crippen molar-refractivity contribution in [3.63, 3.8) is 0 Å². The third-order valence-electron chi connectivity index (χ3n) is 2.24. The number of rotatable bonds is 5. The quantitative estimate of drug-likeness (QED) is 0.763. The largest absolute Gasteiger partial charge is 0.496 e. The number of nitrogens with two attached hydrogens (primary N) is 1. The highest BCUT2D eigenvalue weighted by atomic mass is 16.5. The van der Waals surface area contributed by atoms with Crippen LogP contribution in [-0.2, 0) is 20.7 Å². The number of carbonyl (C=O) groups is 2. The minimum atomic E-state index is -0.919. The molecule has 0 aromatic heterocycles. The lowest BCUT2D eigenvalue weighted by Crippen LogP contribution is -2.31. The predicted molar refractivity (Wildman–Crippen MR) is 61.4 cm³/mol. The summed E-state index contributed by atoms with van der Waals surface area (Å²) in [6.07, 6.45) is -0.876. The molecule has 1 atom stereocenters. The Hall–Kier alpha value is -2.04. The molecule has 0 aliphatic carbocycles. The van der Waals surface area contributed by atoms with Crippen molar-refractivity contribution in [2.24, 2.45) is 5.73 Å². The maximum absolute atomic E-state index is 11.5. The van der Waals surface area contributed by atoms with Crippen LogP contribution in [0.5, 0.6) is 5.75 Å². The van der Waals surface area contributed by atoms with Crippen molar-refractivity contribution in [1.29, 1.82) is 0 Å². The van der Waals surface area contributed by atoms with Gasteiger partial charge in [-0.2, -0.15) is 0 Å². The molecule has 0 fully saturated rings. The fourth-order valence-corrected chi connectivity index (χ4v) is 1.30. The molecule has 5 nitrogen and oxygen atoms in total. The summed E-state index contributed by atoms with van der Waals surface area (Å²) in [6, 6.07) is 7.11. The van der Waals surface area contributed by atoms with E-state index < -0.39 is 18.0 Å². The number of ether oxygens (including phenoxy) is 2. The Bertz CT molecular complexity index is 417. The Morgan fingerprint density at radius 2 is 2.00 bits per heavy atom. The summed E-state index contributed by atoms with van der Waals surface area (Å²) in [5.74, 6) is -0.574. The first kappa shape index (κ1) is 13.0. The molecule has 5 heteroatoms. The van der Waals surface area contributed by atoms with Crippen molar-refractivity contribution in [3.8, 4) is 5.75 Å². The van der Waals surface area contributed by atoms with Crippen LogP contribution in [0.4, 0.5) is 0 Å². The zero-order chi connectivity index (χ0) is 12.8. The molecule has 17 heavy (non-hydrogen) atoms. The summed E-state index contributed by atoms with van der Waals surface area (Å²) in [5.41, 5.74) is 5.70. The maximum atomic E-state index is 11.5. The van der Waals surface area contributed by atoms with Gasteiger partial charge in [0.1, 0.15) is 5.75 Å². The first-order valence-corrected chi connectivity index (χ1v) is 5.15. The Balaban J connectivity index is 2.65. The first-order valence-electron chi connectivity index (χ1n) is 5.15. The Morgan fingerprint density at radius 3 is 2.59 bits per heavy atom. The number of esters is 1. The second-order valence-corrected chi connectivity index (χ2v) is 3.52. The molecule has 1 amide bonds. The molecule has 1 aromatic rings. The molecule has 0 saturated heterocycles. The van der Waals surface area contributed by atoms with E-state index in [-0.39, 0.29) is 6.42 Å². The number of hydrogen-bond acceptors (Lipinski definition) is 4. The zero-order valence-electron chi connectivity index (χ0n) is 9.80. The molecular formula is C12H15NO4. The third-order valence-corrected chi connectivity index (χ3v) is 2.24. The van der Waals surface area contributed by atoms with Crippen LogP contribution in [-0.4, -0.2) is 25.1 Å². The molecule has 0 saturated carbocycles. The predicted octanol–water partition coefficient (Wildman–Crippen LogP) is 0.655. The van der Waals surface area contributed by atoms with Gasteiger partial charge in [0.2, 0.25) is 0 Å². The molecule has 1 aromatic carbocycles. The lowest BCUT2D eigenvalue weighted by Gasteiger charge is -2.11. The molecule has 0 aliphatic heterocycles. The summed E-state index contributed by atoms with van der Waals surface area (Å²) in [4.78, 5) is 22.2. The summed E-state index contributed by atoms with van der Waals surface area (Å²) < 4.78 is 9.95. The lowest BCUT2D eigenvalue weighted by atomic mass is 10.1. The van der Waals surface area contributed by atoms with E-state index in [1.165, 1.54) is 14.0 Å². The van der Waals surface area contributed by atoms with E-state index >= 15 is 0 Å². The van der Waals surface area contributed by atoms with E-state index in [2.05, 4.69) is 0 Å². The zero-order valence-corrected chi connectivity index (χ0v) is 9.80. The first-order chi connectivity index (χ1) is 8.04. The summed E-state index contributed by atoms with van der Waals surface area (Å²) in [6.45, 7) is 1.43.